The monoisotopic (exact) mass is 404 g/mol. The zero-order valence-corrected chi connectivity index (χ0v) is 17.0. The highest BCUT2D eigenvalue weighted by Crippen LogP contribution is 2.18. The standard InChI is InChI=1S/C24H24N2O4/c1-17-5-3-4-6-22(17)24(28)26-20-11-9-19(10-12-20)25-23(27)18-7-13-21(14-8-18)30-16-15-29-2/h3-14H,15-16H2,1-2H3,(H,25,27)(H,26,28). The summed E-state index contributed by atoms with van der Waals surface area (Å²) < 4.78 is 10.4. The molecule has 0 atom stereocenters. The topological polar surface area (TPSA) is 76.7 Å². The molecule has 0 saturated carbocycles. The predicted molar refractivity (Wildman–Crippen MR) is 117 cm³/mol. The van der Waals surface area contributed by atoms with E-state index < -0.39 is 0 Å². The van der Waals surface area contributed by atoms with Crippen LogP contribution in [0.2, 0.25) is 0 Å². The van der Waals surface area contributed by atoms with Gasteiger partial charge in [0.25, 0.3) is 11.8 Å². The predicted octanol–water partition coefficient (Wildman–Crippen LogP) is 4.52. The van der Waals surface area contributed by atoms with E-state index in [9.17, 15) is 9.59 Å². The van der Waals surface area contributed by atoms with E-state index in [0.29, 0.717) is 41.5 Å². The van der Waals surface area contributed by atoms with E-state index in [1.807, 2.05) is 25.1 Å². The fourth-order valence-electron chi connectivity index (χ4n) is 2.81. The minimum atomic E-state index is -0.227. The van der Waals surface area contributed by atoms with Crippen LogP contribution in [0.5, 0.6) is 5.75 Å². The van der Waals surface area contributed by atoms with E-state index in [1.165, 1.54) is 0 Å². The fraction of sp³-hybridized carbons (Fsp3) is 0.167. The molecule has 2 amide bonds. The Labute approximate surface area is 175 Å². The van der Waals surface area contributed by atoms with E-state index in [2.05, 4.69) is 10.6 Å². The van der Waals surface area contributed by atoms with Gasteiger partial charge in [-0.25, -0.2) is 0 Å². The first-order chi connectivity index (χ1) is 14.6. The Hall–Kier alpha value is -3.64. The Morgan fingerprint density at radius 1 is 0.767 bits per heavy atom. The summed E-state index contributed by atoms with van der Waals surface area (Å²) in [5.41, 5.74) is 3.35. The first kappa shape index (κ1) is 21.1. The Morgan fingerprint density at radius 3 is 1.97 bits per heavy atom. The number of carbonyl (C=O) groups is 2. The summed E-state index contributed by atoms with van der Waals surface area (Å²) in [4.78, 5) is 24.8. The number of hydrogen-bond acceptors (Lipinski definition) is 4. The van der Waals surface area contributed by atoms with Crippen molar-refractivity contribution in [1.29, 1.82) is 0 Å². The molecule has 30 heavy (non-hydrogen) atoms. The normalized spacial score (nSPS) is 10.3. The van der Waals surface area contributed by atoms with Crippen molar-refractivity contribution in [3.8, 4) is 5.75 Å². The molecule has 3 aromatic rings. The number of benzene rings is 3. The first-order valence-electron chi connectivity index (χ1n) is 9.57. The molecule has 2 N–H and O–H groups in total. The van der Waals surface area contributed by atoms with Gasteiger partial charge in [-0.05, 0) is 67.1 Å². The molecule has 3 aromatic carbocycles. The third-order valence-corrected chi connectivity index (χ3v) is 4.46. The SMILES string of the molecule is COCCOc1ccc(C(=O)Nc2ccc(NC(=O)c3ccccc3C)cc2)cc1. The average molecular weight is 404 g/mol. The highest BCUT2D eigenvalue weighted by atomic mass is 16.5. The van der Waals surface area contributed by atoms with E-state index in [-0.39, 0.29) is 11.8 Å². The summed E-state index contributed by atoms with van der Waals surface area (Å²) in [5.74, 6) is 0.283. The molecular weight excluding hydrogens is 380 g/mol. The van der Waals surface area contributed by atoms with Gasteiger partial charge in [0.2, 0.25) is 0 Å². The molecule has 3 rings (SSSR count). The lowest BCUT2D eigenvalue weighted by Gasteiger charge is -2.10. The number of carbonyl (C=O) groups excluding carboxylic acids is 2. The van der Waals surface area contributed by atoms with E-state index in [0.717, 1.165) is 5.56 Å². The van der Waals surface area contributed by atoms with Gasteiger partial charge in [-0.15, -0.1) is 0 Å². The zero-order valence-electron chi connectivity index (χ0n) is 17.0. The Kier molecular flexibility index (Phi) is 7.19. The number of ether oxygens (including phenoxy) is 2. The second-order valence-corrected chi connectivity index (χ2v) is 6.67. The van der Waals surface area contributed by atoms with Crippen LogP contribution in [0.1, 0.15) is 26.3 Å². The Balaban J connectivity index is 1.56. The van der Waals surface area contributed by atoms with Crippen molar-refractivity contribution in [1.82, 2.24) is 0 Å². The number of hydrogen-bond donors (Lipinski definition) is 2. The van der Waals surface area contributed by atoms with Gasteiger partial charge >= 0.3 is 0 Å². The van der Waals surface area contributed by atoms with Crippen LogP contribution in [0.15, 0.2) is 72.8 Å². The molecule has 0 unspecified atom stereocenters. The van der Waals surface area contributed by atoms with Gasteiger partial charge in [0.1, 0.15) is 12.4 Å². The molecule has 0 aliphatic heterocycles. The van der Waals surface area contributed by atoms with Crippen LogP contribution in [-0.4, -0.2) is 32.1 Å². The van der Waals surface area contributed by atoms with Crippen molar-refractivity contribution < 1.29 is 19.1 Å². The van der Waals surface area contributed by atoms with Crippen molar-refractivity contribution in [2.75, 3.05) is 31.0 Å². The molecule has 6 nitrogen and oxygen atoms in total. The highest BCUT2D eigenvalue weighted by Gasteiger charge is 2.09. The van der Waals surface area contributed by atoms with E-state index in [1.54, 1.807) is 61.7 Å². The summed E-state index contributed by atoms with van der Waals surface area (Å²) >= 11 is 0. The summed E-state index contributed by atoms with van der Waals surface area (Å²) in [7, 11) is 1.61. The van der Waals surface area contributed by atoms with Crippen molar-refractivity contribution in [3.05, 3.63) is 89.5 Å². The lowest BCUT2D eigenvalue weighted by Crippen LogP contribution is -2.14. The number of rotatable bonds is 8. The summed E-state index contributed by atoms with van der Waals surface area (Å²) in [6, 6.07) is 21.3. The maximum Gasteiger partial charge on any atom is 0.255 e. The summed E-state index contributed by atoms with van der Waals surface area (Å²) in [6.45, 7) is 2.85. The molecule has 0 radical (unpaired) electrons. The lowest BCUT2D eigenvalue weighted by molar-refractivity contribution is 0.101. The molecule has 0 saturated heterocycles. The molecule has 0 aliphatic carbocycles. The molecule has 0 spiro atoms. The van der Waals surface area contributed by atoms with Gasteiger partial charge in [0, 0.05) is 29.6 Å². The van der Waals surface area contributed by atoms with Gasteiger partial charge in [-0.2, -0.15) is 0 Å². The fourth-order valence-corrected chi connectivity index (χ4v) is 2.81. The van der Waals surface area contributed by atoms with Crippen LogP contribution < -0.4 is 15.4 Å². The minimum absolute atomic E-state index is 0.169. The number of nitrogens with one attached hydrogen (secondary N) is 2. The molecule has 0 aliphatic rings. The van der Waals surface area contributed by atoms with Gasteiger partial charge in [0.05, 0.1) is 6.61 Å². The molecule has 0 bridgehead atoms. The zero-order chi connectivity index (χ0) is 21.3. The van der Waals surface area contributed by atoms with E-state index >= 15 is 0 Å². The molecule has 0 aromatic heterocycles. The van der Waals surface area contributed by atoms with Crippen molar-refractivity contribution in [3.63, 3.8) is 0 Å². The molecule has 154 valence electrons. The smallest absolute Gasteiger partial charge is 0.255 e. The van der Waals surface area contributed by atoms with Crippen LogP contribution in [0.4, 0.5) is 11.4 Å². The third kappa shape index (κ3) is 5.68. The van der Waals surface area contributed by atoms with Crippen LogP contribution in [-0.2, 0) is 4.74 Å². The number of methoxy groups -OCH3 is 1. The second-order valence-electron chi connectivity index (χ2n) is 6.67. The highest BCUT2D eigenvalue weighted by molar-refractivity contribution is 6.06. The molecule has 6 heteroatoms. The number of anilines is 2. The largest absolute Gasteiger partial charge is 0.491 e. The Morgan fingerprint density at radius 2 is 1.37 bits per heavy atom. The van der Waals surface area contributed by atoms with Crippen molar-refractivity contribution in [2.45, 2.75) is 6.92 Å². The molecule has 0 heterocycles. The summed E-state index contributed by atoms with van der Waals surface area (Å²) in [5, 5.41) is 5.70. The van der Waals surface area contributed by atoms with Crippen molar-refractivity contribution in [2.24, 2.45) is 0 Å². The third-order valence-electron chi connectivity index (χ3n) is 4.46. The maximum absolute atomic E-state index is 12.4. The lowest BCUT2D eigenvalue weighted by atomic mass is 10.1. The van der Waals surface area contributed by atoms with E-state index in [4.69, 9.17) is 9.47 Å². The maximum atomic E-state index is 12.4. The van der Waals surface area contributed by atoms with Gasteiger partial charge in [-0.1, -0.05) is 18.2 Å². The van der Waals surface area contributed by atoms with Crippen LogP contribution >= 0.6 is 0 Å². The quantitative estimate of drug-likeness (QED) is 0.541. The average Bonchev–Trinajstić information content (AvgIpc) is 2.76. The van der Waals surface area contributed by atoms with Crippen LogP contribution in [0.3, 0.4) is 0 Å². The summed E-state index contributed by atoms with van der Waals surface area (Å²) in [6.07, 6.45) is 0. The van der Waals surface area contributed by atoms with Gasteiger partial charge in [0.15, 0.2) is 0 Å². The molecule has 0 fully saturated rings. The minimum Gasteiger partial charge on any atom is -0.491 e. The number of amides is 2. The van der Waals surface area contributed by atoms with Gasteiger partial charge in [-0.3, -0.25) is 9.59 Å². The Bertz CT molecular complexity index is 998. The molecular formula is C24H24N2O4. The van der Waals surface area contributed by atoms with Crippen molar-refractivity contribution >= 4 is 23.2 Å². The van der Waals surface area contributed by atoms with Gasteiger partial charge < -0.3 is 20.1 Å². The number of aryl methyl sites for hydroxylation is 1. The van der Waals surface area contributed by atoms with Crippen LogP contribution in [0.25, 0.3) is 0 Å². The first-order valence-corrected chi connectivity index (χ1v) is 9.57. The second kappa shape index (κ2) is 10.2. The van der Waals surface area contributed by atoms with Crippen LogP contribution in [0, 0.1) is 6.92 Å².